The monoisotopic (exact) mass is 1630 g/mol. The average Bonchev–Trinajstić information content (AvgIpc) is 0.794. The molecule has 2 aliphatic carbocycles. The smallest absolute Gasteiger partial charge is 0.243 e. The van der Waals surface area contributed by atoms with Crippen LogP contribution in [-0.4, -0.2) is 111 Å². The molecule has 1 heterocycles. The van der Waals surface area contributed by atoms with Crippen LogP contribution in [0.5, 0.6) is 11.5 Å². The molecule has 1 N–H and O–H groups in total. The minimum absolute atomic E-state index is 0.00481. The summed E-state index contributed by atoms with van der Waals surface area (Å²) in [7, 11) is -22.1. The van der Waals surface area contributed by atoms with Crippen molar-refractivity contribution in [1.82, 2.24) is 26.2 Å². The molecule has 1 aliphatic heterocycles. The van der Waals surface area contributed by atoms with Crippen molar-refractivity contribution in [1.29, 1.82) is 0 Å². The van der Waals surface area contributed by atoms with Crippen molar-refractivity contribution < 1.29 is 64.4 Å². The van der Waals surface area contributed by atoms with Gasteiger partial charge in [0.05, 0.1) is 36.5 Å². The predicted octanol–water partition coefficient (Wildman–Crippen LogP) is 14.8. The Morgan fingerprint density at radius 3 is 1.55 bits per heavy atom. The summed E-state index contributed by atoms with van der Waals surface area (Å²) in [5.74, 6) is -0.416. The fourth-order valence-corrected chi connectivity index (χ4v) is 23.8. The third-order valence-corrected chi connectivity index (χ3v) is 32.2. The number of piperidine rings is 1. The third kappa shape index (κ3) is 19.3. The second kappa shape index (κ2) is 35.5. The fourth-order valence-electron chi connectivity index (χ4n) is 14.9. The molecule has 20 nitrogen and oxygen atoms in total. The summed E-state index contributed by atoms with van der Waals surface area (Å²) in [6.45, 7) is 1.38. The summed E-state index contributed by atoms with van der Waals surface area (Å²) in [5.41, 5.74) is 4.49. The van der Waals surface area contributed by atoms with Gasteiger partial charge in [-0.25, -0.2) is 59.6 Å². The number of nitrogens with zero attached hydrogens (tertiary/aromatic N) is 5. The Balaban J connectivity index is 0.790. The number of nitrogens with one attached hydrogen (secondary N) is 1. The largest absolute Gasteiger partial charge is 0.493 e. The third-order valence-electron chi connectivity index (χ3n) is 21.0. The van der Waals surface area contributed by atoms with E-state index in [1.54, 1.807) is 97.1 Å². The molecule has 0 spiro atoms. The van der Waals surface area contributed by atoms with Crippen LogP contribution in [0.25, 0.3) is 0 Å². The van der Waals surface area contributed by atoms with E-state index in [9.17, 15) is 42.1 Å². The van der Waals surface area contributed by atoms with Gasteiger partial charge in [0.15, 0.2) is 11.5 Å². The van der Waals surface area contributed by atoms with E-state index in [0.717, 1.165) is 66.8 Å². The molecule has 3 fully saturated rings. The van der Waals surface area contributed by atoms with Gasteiger partial charge in [-0.1, -0.05) is 166 Å². The highest BCUT2D eigenvalue weighted by atomic mass is 35.5. The van der Waals surface area contributed by atoms with E-state index in [-0.39, 0.29) is 104 Å². The molecule has 110 heavy (non-hydrogen) atoms. The Hall–Kier alpha value is -7.74. The fraction of sp³-hybridized carbons (Fsp3) is 0.341. The lowest BCUT2D eigenvalue weighted by Gasteiger charge is -2.39. The number of hydrogen-bond acceptors (Lipinski definition) is 14. The van der Waals surface area contributed by atoms with Gasteiger partial charge in [-0.2, -0.15) is 21.5 Å². The quantitative estimate of drug-likeness (QED) is 0.0402. The first-order valence-corrected chi connectivity index (χ1v) is 46.0. The number of sulfonamides is 6. The molecule has 3 aliphatic rings. The van der Waals surface area contributed by atoms with E-state index >= 15 is 12.8 Å². The van der Waals surface area contributed by atoms with Crippen LogP contribution in [-0.2, 0) is 112 Å². The molecule has 584 valence electrons. The minimum atomic E-state index is -4.43. The zero-order valence-electron chi connectivity index (χ0n) is 61.6. The summed E-state index contributed by atoms with van der Waals surface area (Å²) in [6, 6.07) is 56.3. The highest BCUT2D eigenvalue weighted by molar-refractivity contribution is 7.90. The molecule has 2 saturated carbocycles. The van der Waals surface area contributed by atoms with E-state index in [0.29, 0.717) is 71.5 Å². The van der Waals surface area contributed by atoms with Crippen LogP contribution in [0.4, 0.5) is 4.39 Å². The van der Waals surface area contributed by atoms with Gasteiger partial charge in [0.2, 0.25) is 60.1 Å². The number of ether oxygens (including phenoxy) is 2. The molecule has 0 amide bonds. The molecule has 3 atom stereocenters. The van der Waals surface area contributed by atoms with E-state index < -0.39 is 78.5 Å². The molecule has 9 aromatic rings. The molecule has 28 heteroatoms. The van der Waals surface area contributed by atoms with Gasteiger partial charge in [0.25, 0.3) is 0 Å². The van der Waals surface area contributed by atoms with Gasteiger partial charge in [-0.05, 0) is 199 Å². The van der Waals surface area contributed by atoms with Crippen molar-refractivity contribution in [2.45, 2.75) is 184 Å². The lowest BCUT2D eigenvalue weighted by molar-refractivity contribution is 0.172. The van der Waals surface area contributed by atoms with E-state index in [1.165, 1.54) is 122 Å². The molecule has 3 unspecified atom stereocenters. The van der Waals surface area contributed by atoms with Crippen molar-refractivity contribution in [3.05, 3.63) is 274 Å². The highest BCUT2D eigenvalue weighted by Crippen LogP contribution is 2.39. The summed E-state index contributed by atoms with van der Waals surface area (Å²) in [6.07, 6.45) is 9.43. The van der Waals surface area contributed by atoms with Crippen molar-refractivity contribution in [2.75, 3.05) is 20.7 Å². The Morgan fingerprint density at radius 2 is 0.945 bits per heavy atom. The van der Waals surface area contributed by atoms with E-state index in [1.807, 2.05) is 37.3 Å². The maximum atomic E-state index is 16.1. The van der Waals surface area contributed by atoms with Crippen molar-refractivity contribution >= 4 is 71.7 Å². The Bertz CT molecular complexity index is 5390. The highest BCUT2D eigenvalue weighted by Gasteiger charge is 2.40. The second-order valence-electron chi connectivity index (χ2n) is 28.4. The van der Waals surface area contributed by atoms with E-state index in [4.69, 9.17) is 21.1 Å². The van der Waals surface area contributed by atoms with Crippen LogP contribution in [0.3, 0.4) is 0 Å². The Labute approximate surface area is 653 Å². The van der Waals surface area contributed by atoms with Crippen LogP contribution in [0.2, 0.25) is 5.02 Å². The number of methoxy groups -OCH3 is 1. The van der Waals surface area contributed by atoms with Crippen molar-refractivity contribution in [3.8, 4) is 11.5 Å². The van der Waals surface area contributed by atoms with E-state index in [2.05, 4.69) is 4.72 Å². The maximum Gasteiger partial charge on any atom is 0.243 e. The summed E-state index contributed by atoms with van der Waals surface area (Å²) in [4.78, 5) is -0.555. The first-order chi connectivity index (χ1) is 52.6. The molecular formula is C82H92ClFN6O14S6. The van der Waals surface area contributed by atoms with Crippen LogP contribution in [0.1, 0.15) is 128 Å². The predicted molar refractivity (Wildman–Crippen MR) is 422 cm³/mol. The summed E-state index contributed by atoms with van der Waals surface area (Å²) < 4.78 is 210. The molecule has 9 aromatic carbocycles. The molecule has 0 bridgehead atoms. The molecular weight excluding hydrogens is 1540 g/mol. The van der Waals surface area contributed by atoms with Crippen LogP contribution in [0.15, 0.2) is 248 Å². The first kappa shape index (κ1) is 81.7. The van der Waals surface area contributed by atoms with Gasteiger partial charge in [-0.3, -0.25) is 0 Å². The zero-order valence-corrected chi connectivity index (χ0v) is 67.3. The standard InChI is InChI=1S/C82H92ClFN6O14S6/c1-4-71-27-17-18-50-89(71)109(99,100)76-44-46-77(47-45-76)110(101,102)90(80-29-16-12-23-67(80)51-61-30-32-64(33-31-61)56-87(58-68-24-11-15-28-78(68)83)107(95,96)74-38-36-72(37-39-74)105(91,92)85-70-25-13-14-26-70)57-65-35-49-81(82(53-65)103-3)104-60-66-34-48-79(84)69(52-66)59-88(55-63-21-9-6-10-22-63)108(97,98)75-42-40-73(41-43-75)106(93,94)86(2)54-62-19-7-5-8-20-62/h5-11,15,19-22,24,28,30-49,52-53,67,70-71,80,85H,4,12-14,16-18,23,25-27,29,50-51,54-60H2,1-3H3. The van der Waals surface area contributed by atoms with Gasteiger partial charge in [0, 0.05) is 81.6 Å². The zero-order chi connectivity index (χ0) is 78.0. The molecule has 12 rings (SSSR count). The summed E-state index contributed by atoms with van der Waals surface area (Å²) >= 11 is 6.65. The maximum absolute atomic E-state index is 16.1. The van der Waals surface area contributed by atoms with Crippen LogP contribution >= 0.6 is 11.6 Å². The van der Waals surface area contributed by atoms with Gasteiger partial charge in [0.1, 0.15) is 12.4 Å². The van der Waals surface area contributed by atoms with Gasteiger partial charge < -0.3 is 9.47 Å². The molecule has 0 aromatic heterocycles. The molecule has 1 saturated heterocycles. The normalized spacial score (nSPS) is 17.3. The van der Waals surface area contributed by atoms with Gasteiger partial charge >= 0.3 is 0 Å². The molecule has 0 radical (unpaired) electrons. The number of halogens is 2. The lowest BCUT2D eigenvalue weighted by atomic mass is 9.80. The Morgan fingerprint density at radius 1 is 0.455 bits per heavy atom. The average molecular weight is 1630 g/mol. The van der Waals surface area contributed by atoms with Crippen molar-refractivity contribution in [3.63, 3.8) is 0 Å². The SMILES string of the molecule is CCC1CCCCN1S(=O)(=O)c1ccc(S(=O)(=O)N(Cc2ccc(OCc3ccc(F)c(CN(Cc4ccccc4)S(=O)(=O)c4ccc(S(=O)(=O)N(C)Cc5ccccc5)cc4)c3)c(OC)c2)C2CCCCC2Cc2ccc(CN(Cc3ccccc3Cl)S(=O)(=O)c3ccc(S(=O)(=O)NC4CCCC4)cc3)cc2)cc1. The van der Waals surface area contributed by atoms with Crippen molar-refractivity contribution in [2.24, 2.45) is 5.92 Å². The number of hydrogen-bond donors (Lipinski definition) is 1. The Kier molecular flexibility index (Phi) is 26.4. The summed E-state index contributed by atoms with van der Waals surface area (Å²) in [5, 5.41) is 0.368. The lowest BCUT2D eigenvalue weighted by Crippen LogP contribution is -2.46. The van der Waals surface area contributed by atoms with Crippen LogP contribution < -0.4 is 14.2 Å². The second-order valence-corrected chi connectivity index (χ2v) is 40.3. The number of rotatable bonds is 33. The first-order valence-electron chi connectivity index (χ1n) is 36.9. The number of benzene rings is 9. The van der Waals surface area contributed by atoms with Crippen LogP contribution in [0, 0.1) is 11.7 Å². The topological polar surface area (TPSA) is 252 Å². The van der Waals surface area contributed by atoms with Gasteiger partial charge in [-0.15, -0.1) is 0 Å². The minimum Gasteiger partial charge on any atom is -0.493 e.